The summed E-state index contributed by atoms with van der Waals surface area (Å²) in [6, 6.07) is 13.8. The number of hydrogen-bond donors (Lipinski definition) is 0. The molecule has 136 valence electrons. The molecule has 0 bridgehead atoms. The van der Waals surface area contributed by atoms with Gasteiger partial charge in [-0.3, -0.25) is 4.79 Å². The summed E-state index contributed by atoms with van der Waals surface area (Å²) in [6.45, 7) is 3.20. The summed E-state index contributed by atoms with van der Waals surface area (Å²) in [6.07, 6.45) is 0.267. The number of carbonyl (C=O) groups excluding carboxylic acids is 1. The summed E-state index contributed by atoms with van der Waals surface area (Å²) >= 11 is 1.52. The molecule has 0 saturated heterocycles. The Morgan fingerprint density at radius 1 is 1.19 bits per heavy atom. The van der Waals surface area contributed by atoms with Gasteiger partial charge in [-0.2, -0.15) is 4.99 Å². The first-order chi connectivity index (χ1) is 12.6. The molecular formula is C20H22N2O3S. The number of fused-ring (bicyclic) bond motifs is 1. The van der Waals surface area contributed by atoms with Gasteiger partial charge in [0.05, 0.1) is 30.4 Å². The Morgan fingerprint density at radius 2 is 2.00 bits per heavy atom. The molecule has 0 atom stereocenters. The van der Waals surface area contributed by atoms with Crippen LogP contribution in [0.25, 0.3) is 10.2 Å². The minimum Gasteiger partial charge on any atom is -0.496 e. The summed E-state index contributed by atoms with van der Waals surface area (Å²) in [5, 5.41) is 0. The standard InChI is InChI=1S/C20H22N2O3S/c1-14-12-15(8-9-17(14)25-3)13-19(23)21-20-22(10-11-24-2)16-6-4-5-7-18(16)26-20/h4-9,12H,10-11,13H2,1-3H3. The van der Waals surface area contributed by atoms with Crippen molar-refractivity contribution in [3.8, 4) is 5.75 Å². The lowest BCUT2D eigenvalue weighted by molar-refractivity contribution is -0.117. The zero-order chi connectivity index (χ0) is 18.5. The summed E-state index contributed by atoms with van der Waals surface area (Å²) in [5.74, 6) is 0.660. The Kier molecular flexibility index (Phi) is 5.85. The fourth-order valence-electron chi connectivity index (χ4n) is 2.88. The van der Waals surface area contributed by atoms with Crippen LogP contribution in [-0.4, -0.2) is 31.3 Å². The largest absolute Gasteiger partial charge is 0.496 e. The van der Waals surface area contributed by atoms with Crippen molar-refractivity contribution < 1.29 is 14.3 Å². The molecule has 0 aliphatic heterocycles. The molecule has 6 heteroatoms. The van der Waals surface area contributed by atoms with Gasteiger partial charge in [-0.25, -0.2) is 0 Å². The van der Waals surface area contributed by atoms with E-state index < -0.39 is 0 Å². The second kappa shape index (κ2) is 8.29. The van der Waals surface area contributed by atoms with E-state index in [4.69, 9.17) is 9.47 Å². The molecule has 3 rings (SSSR count). The molecule has 1 aromatic heterocycles. The van der Waals surface area contributed by atoms with E-state index in [-0.39, 0.29) is 12.3 Å². The van der Waals surface area contributed by atoms with Crippen LogP contribution in [0.15, 0.2) is 47.5 Å². The minimum atomic E-state index is -0.160. The van der Waals surface area contributed by atoms with Crippen LogP contribution in [0.1, 0.15) is 11.1 Å². The fraction of sp³-hybridized carbons (Fsp3) is 0.300. The lowest BCUT2D eigenvalue weighted by Crippen LogP contribution is -2.19. The molecule has 0 unspecified atom stereocenters. The number of carbonyl (C=O) groups is 1. The van der Waals surface area contributed by atoms with Crippen molar-refractivity contribution in [3.05, 3.63) is 58.4 Å². The molecule has 2 aromatic carbocycles. The molecule has 0 saturated carbocycles. The third-order valence-corrected chi connectivity index (χ3v) is 5.20. The molecule has 1 heterocycles. The third kappa shape index (κ3) is 4.03. The van der Waals surface area contributed by atoms with Crippen LogP contribution in [0.4, 0.5) is 0 Å². The number of rotatable bonds is 6. The normalized spacial score (nSPS) is 11.9. The van der Waals surface area contributed by atoms with Gasteiger partial charge < -0.3 is 14.0 Å². The van der Waals surface area contributed by atoms with Gasteiger partial charge in [-0.05, 0) is 36.2 Å². The number of para-hydroxylation sites is 1. The topological polar surface area (TPSA) is 52.8 Å². The molecule has 5 nitrogen and oxygen atoms in total. The van der Waals surface area contributed by atoms with Crippen molar-refractivity contribution in [2.45, 2.75) is 19.9 Å². The summed E-state index contributed by atoms with van der Waals surface area (Å²) < 4.78 is 13.6. The Bertz CT molecular complexity index is 988. The van der Waals surface area contributed by atoms with E-state index in [1.165, 1.54) is 11.3 Å². The van der Waals surface area contributed by atoms with E-state index in [1.54, 1.807) is 14.2 Å². The quantitative estimate of drug-likeness (QED) is 0.669. The minimum absolute atomic E-state index is 0.160. The maximum absolute atomic E-state index is 12.5. The van der Waals surface area contributed by atoms with Crippen molar-refractivity contribution in [3.63, 3.8) is 0 Å². The highest BCUT2D eigenvalue weighted by Gasteiger charge is 2.09. The highest BCUT2D eigenvalue weighted by molar-refractivity contribution is 7.16. The Hall–Kier alpha value is -2.44. The molecular weight excluding hydrogens is 348 g/mol. The van der Waals surface area contributed by atoms with Gasteiger partial charge in [0.1, 0.15) is 5.75 Å². The highest BCUT2D eigenvalue weighted by Crippen LogP contribution is 2.19. The van der Waals surface area contributed by atoms with Crippen LogP contribution in [0.3, 0.4) is 0 Å². The maximum atomic E-state index is 12.5. The second-order valence-electron chi connectivity index (χ2n) is 5.98. The first-order valence-electron chi connectivity index (χ1n) is 8.40. The van der Waals surface area contributed by atoms with Gasteiger partial charge in [0.25, 0.3) is 5.91 Å². The van der Waals surface area contributed by atoms with Crippen LogP contribution in [0, 0.1) is 6.92 Å². The number of hydrogen-bond acceptors (Lipinski definition) is 4. The zero-order valence-electron chi connectivity index (χ0n) is 15.2. The monoisotopic (exact) mass is 370 g/mol. The van der Waals surface area contributed by atoms with Crippen molar-refractivity contribution in [2.75, 3.05) is 20.8 Å². The van der Waals surface area contributed by atoms with Crippen molar-refractivity contribution in [1.29, 1.82) is 0 Å². The first-order valence-corrected chi connectivity index (χ1v) is 9.22. The number of thiazole rings is 1. The highest BCUT2D eigenvalue weighted by atomic mass is 32.1. The van der Waals surface area contributed by atoms with E-state index in [9.17, 15) is 4.79 Å². The van der Waals surface area contributed by atoms with Gasteiger partial charge in [-0.15, -0.1) is 0 Å². The van der Waals surface area contributed by atoms with Gasteiger partial charge >= 0.3 is 0 Å². The number of ether oxygens (including phenoxy) is 2. The molecule has 0 aliphatic rings. The van der Waals surface area contributed by atoms with Crippen LogP contribution >= 0.6 is 11.3 Å². The molecule has 0 spiro atoms. The summed E-state index contributed by atoms with van der Waals surface area (Å²) in [4.78, 5) is 17.6. The number of methoxy groups -OCH3 is 2. The van der Waals surface area contributed by atoms with Crippen LogP contribution in [-0.2, 0) is 22.5 Å². The molecule has 26 heavy (non-hydrogen) atoms. The van der Waals surface area contributed by atoms with Gasteiger partial charge in [-0.1, -0.05) is 35.6 Å². The number of benzene rings is 2. The second-order valence-corrected chi connectivity index (χ2v) is 6.99. The molecule has 0 aliphatic carbocycles. The van der Waals surface area contributed by atoms with E-state index in [0.717, 1.165) is 27.1 Å². The smallest absolute Gasteiger partial charge is 0.252 e. The molecule has 0 fully saturated rings. The third-order valence-electron chi connectivity index (χ3n) is 4.14. The fourth-order valence-corrected chi connectivity index (χ4v) is 3.95. The number of aryl methyl sites for hydroxylation is 1. The average Bonchev–Trinajstić information content (AvgIpc) is 2.97. The van der Waals surface area contributed by atoms with Gasteiger partial charge in [0, 0.05) is 13.7 Å². The van der Waals surface area contributed by atoms with Crippen molar-refractivity contribution in [1.82, 2.24) is 4.57 Å². The molecule has 1 amide bonds. The van der Waals surface area contributed by atoms with E-state index >= 15 is 0 Å². The number of aromatic nitrogens is 1. The maximum Gasteiger partial charge on any atom is 0.252 e. The van der Waals surface area contributed by atoms with Gasteiger partial charge in [0.15, 0.2) is 4.80 Å². The van der Waals surface area contributed by atoms with Crippen molar-refractivity contribution >= 4 is 27.5 Å². The van der Waals surface area contributed by atoms with E-state index in [0.29, 0.717) is 18.0 Å². The zero-order valence-corrected chi connectivity index (χ0v) is 16.0. The predicted molar refractivity (Wildman–Crippen MR) is 104 cm³/mol. The Morgan fingerprint density at radius 3 is 2.73 bits per heavy atom. The number of nitrogens with zero attached hydrogens (tertiary/aromatic N) is 2. The molecule has 0 N–H and O–H groups in total. The SMILES string of the molecule is COCCn1c(=NC(=O)Cc2ccc(OC)c(C)c2)sc2ccccc21. The summed E-state index contributed by atoms with van der Waals surface area (Å²) in [7, 11) is 3.31. The Labute approximate surface area is 156 Å². The predicted octanol–water partition coefficient (Wildman–Crippen LogP) is 3.34. The number of amides is 1. The van der Waals surface area contributed by atoms with Crippen LogP contribution in [0.5, 0.6) is 5.75 Å². The molecule has 3 aromatic rings. The lowest BCUT2D eigenvalue weighted by Gasteiger charge is -2.06. The van der Waals surface area contributed by atoms with Crippen LogP contribution in [0.2, 0.25) is 0 Å². The van der Waals surface area contributed by atoms with Gasteiger partial charge in [0.2, 0.25) is 0 Å². The lowest BCUT2D eigenvalue weighted by atomic mass is 10.1. The molecule has 0 radical (unpaired) electrons. The van der Waals surface area contributed by atoms with Crippen LogP contribution < -0.4 is 9.54 Å². The Balaban J connectivity index is 1.91. The van der Waals surface area contributed by atoms with E-state index in [1.807, 2.05) is 54.0 Å². The average molecular weight is 370 g/mol. The van der Waals surface area contributed by atoms with E-state index in [2.05, 4.69) is 4.99 Å². The first kappa shape index (κ1) is 18.4. The van der Waals surface area contributed by atoms with Crippen molar-refractivity contribution in [2.24, 2.45) is 4.99 Å². The summed E-state index contributed by atoms with van der Waals surface area (Å²) in [5.41, 5.74) is 3.01.